The van der Waals surface area contributed by atoms with Gasteiger partial charge < -0.3 is 10.2 Å². The highest BCUT2D eigenvalue weighted by Crippen LogP contribution is 2.45. The first-order chi connectivity index (χ1) is 8.80. The lowest BCUT2D eigenvalue weighted by molar-refractivity contribution is 0.0531. The number of benzene rings is 1. The quantitative estimate of drug-likeness (QED) is 0.842. The monoisotopic (exact) mass is 260 g/mol. The summed E-state index contributed by atoms with van der Waals surface area (Å²) >= 11 is 1.95. The highest BCUT2D eigenvalue weighted by molar-refractivity contribution is 7.99. The van der Waals surface area contributed by atoms with Crippen LogP contribution in [0.2, 0.25) is 0 Å². The Morgan fingerprint density at radius 2 is 2.17 bits per heavy atom. The molecule has 3 aliphatic rings. The molecule has 1 saturated carbocycles. The summed E-state index contributed by atoms with van der Waals surface area (Å²) < 4.78 is 0. The Balaban J connectivity index is 1.83. The number of rotatable bonds is 1. The third-order valence-electron chi connectivity index (χ3n) is 4.12. The number of nitrogens with zero attached hydrogens (tertiary/aromatic N) is 1. The summed E-state index contributed by atoms with van der Waals surface area (Å²) in [5.74, 6) is 2.39. The second-order valence-electron chi connectivity index (χ2n) is 5.41. The Labute approximate surface area is 111 Å². The van der Waals surface area contributed by atoms with Gasteiger partial charge in [-0.15, -0.1) is 0 Å². The van der Waals surface area contributed by atoms with E-state index in [0.717, 1.165) is 29.2 Å². The molecule has 2 aliphatic heterocycles. The fourth-order valence-electron chi connectivity index (χ4n) is 3.10. The Morgan fingerprint density at radius 3 is 2.89 bits per heavy atom. The number of nitrogens with one attached hydrogen (secondary N) is 1. The molecule has 2 heterocycles. The van der Waals surface area contributed by atoms with Gasteiger partial charge in [-0.2, -0.15) is 11.8 Å². The van der Waals surface area contributed by atoms with Crippen LogP contribution in [0.3, 0.4) is 0 Å². The second kappa shape index (κ2) is 3.67. The molecule has 0 bridgehead atoms. The predicted octanol–water partition coefficient (Wildman–Crippen LogP) is 2.55. The van der Waals surface area contributed by atoms with E-state index in [1.807, 2.05) is 36.0 Å². The topological polar surface area (TPSA) is 32.3 Å². The number of para-hydroxylation sites is 1. The van der Waals surface area contributed by atoms with Gasteiger partial charge in [-0.1, -0.05) is 12.1 Å². The molecule has 1 spiro atoms. The fraction of sp³-hybridized carbons (Fsp3) is 0.500. The summed E-state index contributed by atoms with van der Waals surface area (Å²) in [6.45, 7) is 0. The molecule has 1 aliphatic carbocycles. The SMILES string of the molecule is O=C1c2ccccc2NC2(CCSC2)N1C1CC1. The molecule has 0 aromatic heterocycles. The van der Waals surface area contributed by atoms with Crippen LogP contribution >= 0.6 is 11.8 Å². The van der Waals surface area contributed by atoms with Gasteiger partial charge in [0.2, 0.25) is 0 Å². The van der Waals surface area contributed by atoms with Crippen LogP contribution in [0.5, 0.6) is 0 Å². The summed E-state index contributed by atoms with van der Waals surface area (Å²) in [7, 11) is 0. The van der Waals surface area contributed by atoms with Crippen LogP contribution in [-0.4, -0.2) is 34.0 Å². The van der Waals surface area contributed by atoms with E-state index in [1.165, 1.54) is 12.8 Å². The summed E-state index contributed by atoms with van der Waals surface area (Å²) in [5, 5.41) is 3.66. The van der Waals surface area contributed by atoms with Crippen molar-refractivity contribution in [3.05, 3.63) is 29.8 Å². The molecular weight excluding hydrogens is 244 g/mol. The molecule has 4 rings (SSSR count). The zero-order chi connectivity index (χ0) is 12.2. The summed E-state index contributed by atoms with van der Waals surface area (Å²) in [5.41, 5.74) is 1.74. The normalized spacial score (nSPS) is 30.4. The van der Waals surface area contributed by atoms with Crippen molar-refractivity contribution in [2.24, 2.45) is 0 Å². The van der Waals surface area contributed by atoms with Crippen molar-refractivity contribution in [1.29, 1.82) is 0 Å². The molecule has 1 N–H and O–H groups in total. The lowest BCUT2D eigenvalue weighted by Crippen LogP contribution is -2.61. The first-order valence-corrected chi connectivity index (χ1v) is 7.74. The Morgan fingerprint density at radius 1 is 1.33 bits per heavy atom. The van der Waals surface area contributed by atoms with Gasteiger partial charge in [0, 0.05) is 17.5 Å². The average molecular weight is 260 g/mol. The van der Waals surface area contributed by atoms with Crippen molar-refractivity contribution in [3.63, 3.8) is 0 Å². The van der Waals surface area contributed by atoms with Crippen LogP contribution in [0.4, 0.5) is 5.69 Å². The van der Waals surface area contributed by atoms with Gasteiger partial charge in [-0.3, -0.25) is 4.79 Å². The second-order valence-corrected chi connectivity index (χ2v) is 6.52. The zero-order valence-electron chi connectivity index (χ0n) is 10.2. The van der Waals surface area contributed by atoms with Crippen molar-refractivity contribution < 1.29 is 4.79 Å². The first-order valence-electron chi connectivity index (χ1n) is 6.59. The van der Waals surface area contributed by atoms with Crippen LogP contribution in [0.15, 0.2) is 24.3 Å². The minimum atomic E-state index is -0.114. The van der Waals surface area contributed by atoms with Gasteiger partial charge in [0.05, 0.1) is 5.56 Å². The van der Waals surface area contributed by atoms with Crippen molar-refractivity contribution in [1.82, 2.24) is 4.90 Å². The first kappa shape index (κ1) is 10.7. The minimum absolute atomic E-state index is 0.114. The fourth-order valence-corrected chi connectivity index (χ4v) is 4.42. The third kappa shape index (κ3) is 1.41. The zero-order valence-corrected chi connectivity index (χ0v) is 11.0. The Bertz CT molecular complexity index is 506. The standard InChI is InChI=1S/C14H16N2OS/c17-13-11-3-1-2-4-12(11)15-14(7-8-18-9-14)16(13)10-5-6-10/h1-4,10,15H,5-9H2. The van der Waals surface area contributed by atoms with E-state index in [1.54, 1.807) is 0 Å². The van der Waals surface area contributed by atoms with Gasteiger partial charge in [-0.05, 0) is 37.1 Å². The summed E-state index contributed by atoms with van der Waals surface area (Å²) in [4.78, 5) is 14.9. The number of hydrogen-bond donors (Lipinski definition) is 1. The number of carbonyl (C=O) groups excluding carboxylic acids is 1. The number of amides is 1. The molecule has 1 aromatic carbocycles. The lowest BCUT2D eigenvalue weighted by atomic mass is 9.98. The van der Waals surface area contributed by atoms with Crippen LogP contribution in [0.25, 0.3) is 0 Å². The smallest absolute Gasteiger partial charge is 0.258 e. The molecule has 1 unspecified atom stereocenters. The Kier molecular flexibility index (Phi) is 2.19. The molecular formula is C14H16N2OS. The van der Waals surface area contributed by atoms with E-state index < -0.39 is 0 Å². The van der Waals surface area contributed by atoms with Crippen molar-refractivity contribution in [2.45, 2.75) is 31.0 Å². The number of fused-ring (bicyclic) bond motifs is 1. The van der Waals surface area contributed by atoms with Crippen LogP contribution in [-0.2, 0) is 0 Å². The minimum Gasteiger partial charge on any atom is -0.361 e. The van der Waals surface area contributed by atoms with Gasteiger partial charge in [0.1, 0.15) is 5.66 Å². The van der Waals surface area contributed by atoms with E-state index >= 15 is 0 Å². The number of hydrogen-bond acceptors (Lipinski definition) is 3. The number of anilines is 1. The molecule has 2 fully saturated rings. The summed E-state index contributed by atoms with van der Waals surface area (Å²) in [6.07, 6.45) is 3.40. The van der Waals surface area contributed by atoms with Crippen LogP contribution in [0, 0.1) is 0 Å². The van der Waals surface area contributed by atoms with Gasteiger partial charge in [-0.25, -0.2) is 0 Å². The molecule has 1 amide bonds. The molecule has 3 nitrogen and oxygen atoms in total. The lowest BCUT2D eigenvalue weighted by Gasteiger charge is -2.46. The van der Waals surface area contributed by atoms with Crippen molar-refractivity contribution in [2.75, 3.05) is 16.8 Å². The van der Waals surface area contributed by atoms with Crippen LogP contribution < -0.4 is 5.32 Å². The molecule has 0 radical (unpaired) electrons. The van der Waals surface area contributed by atoms with E-state index in [9.17, 15) is 4.79 Å². The predicted molar refractivity (Wildman–Crippen MR) is 73.9 cm³/mol. The van der Waals surface area contributed by atoms with E-state index in [4.69, 9.17) is 0 Å². The molecule has 94 valence electrons. The van der Waals surface area contributed by atoms with Gasteiger partial charge in [0.15, 0.2) is 0 Å². The van der Waals surface area contributed by atoms with E-state index in [2.05, 4.69) is 10.2 Å². The highest BCUT2D eigenvalue weighted by Gasteiger charge is 2.51. The largest absolute Gasteiger partial charge is 0.361 e. The number of carbonyl (C=O) groups is 1. The molecule has 1 atom stereocenters. The molecule has 1 saturated heterocycles. The summed E-state index contributed by atoms with van der Waals surface area (Å²) in [6, 6.07) is 8.39. The maximum atomic E-state index is 12.7. The highest BCUT2D eigenvalue weighted by atomic mass is 32.2. The van der Waals surface area contributed by atoms with Crippen molar-refractivity contribution >= 4 is 23.4 Å². The molecule has 18 heavy (non-hydrogen) atoms. The number of thioether (sulfide) groups is 1. The average Bonchev–Trinajstić information content (AvgIpc) is 3.10. The maximum Gasteiger partial charge on any atom is 0.258 e. The molecule has 1 aromatic rings. The van der Waals surface area contributed by atoms with Gasteiger partial charge >= 0.3 is 0 Å². The van der Waals surface area contributed by atoms with Crippen molar-refractivity contribution in [3.8, 4) is 0 Å². The maximum absolute atomic E-state index is 12.7. The van der Waals surface area contributed by atoms with Crippen LogP contribution in [0.1, 0.15) is 29.6 Å². The van der Waals surface area contributed by atoms with Gasteiger partial charge in [0.25, 0.3) is 5.91 Å². The molecule has 4 heteroatoms. The van der Waals surface area contributed by atoms with E-state index in [0.29, 0.717) is 6.04 Å². The van der Waals surface area contributed by atoms with E-state index in [-0.39, 0.29) is 11.6 Å². The third-order valence-corrected chi connectivity index (χ3v) is 5.29. The Hall–Kier alpha value is -1.16.